The zero-order chi connectivity index (χ0) is 26.9. The summed E-state index contributed by atoms with van der Waals surface area (Å²) in [4.78, 5) is 24.8. The molecule has 2 aliphatic heterocycles. The number of piperidine rings is 1. The number of ether oxygens (including phenoxy) is 1. The van der Waals surface area contributed by atoms with E-state index in [0.717, 1.165) is 34.6 Å². The van der Waals surface area contributed by atoms with Gasteiger partial charge >= 0.3 is 0 Å². The van der Waals surface area contributed by atoms with Crippen molar-refractivity contribution in [2.75, 3.05) is 33.3 Å². The fourth-order valence-corrected chi connectivity index (χ4v) is 6.47. The first-order valence-corrected chi connectivity index (χ1v) is 13.7. The molecular formula is C29H32F2N6O2. The number of methoxy groups -OCH3 is 1. The molecule has 3 fully saturated rings. The molecule has 2 saturated heterocycles. The Hall–Kier alpha value is -3.53. The topological polar surface area (TPSA) is 77.2 Å². The molecule has 1 atom stereocenters. The number of nitrogens with one attached hydrogen (secondary N) is 1. The van der Waals surface area contributed by atoms with Crippen LogP contribution in [-0.2, 0) is 13.6 Å². The van der Waals surface area contributed by atoms with Crippen molar-refractivity contribution in [2.45, 2.75) is 38.2 Å². The van der Waals surface area contributed by atoms with E-state index in [0.29, 0.717) is 35.8 Å². The Morgan fingerprint density at radius 1 is 1.23 bits per heavy atom. The number of likely N-dealkylation sites (tertiary alicyclic amines) is 1. The second kappa shape index (κ2) is 8.74. The Labute approximate surface area is 225 Å². The van der Waals surface area contributed by atoms with E-state index in [9.17, 15) is 13.6 Å². The van der Waals surface area contributed by atoms with E-state index in [1.54, 1.807) is 24.1 Å². The van der Waals surface area contributed by atoms with Gasteiger partial charge < -0.3 is 24.1 Å². The molecule has 3 aromatic heterocycles. The van der Waals surface area contributed by atoms with E-state index in [-0.39, 0.29) is 31.8 Å². The van der Waals surface area contributed by atoms with Crippen molar-refractivity contribution >= 4 is 28.0 Å². The lowest BCUT2D eigenvalue weighted by Gasteiger charge is -2.41. The Kier molecular flexibility index (Phi) is 5.49. The molecule has 3 aliphatic rings. The molecule has 7 rings (SSSR count). The van der Waals surface area contributed by atoms with E-state index < -0.39 is 11.3 Å². The minimum atomic E-state index is -2.79. The molecular weight excluding hydrogens is 502 g/mol. The number of fused-ring (bicyclic) bond motifs is 2. The fourth-order valence-electron chi connectivity index (χ4n) is 6.47. The number of alkyl halides is 2. The summed E-state index contributed by atoms with van der Waals surface area (Å²) in [5.74, 6) is -1.13. The van der Waals surface area contributed by atoms with E-state index in [4.69, 9.17) is 9.72 Å². The summed E-state index contributed by atoms with van der Waals surface area (Å²) in [6.45, 7) is 1.75. The van der Waals surface area contributed by atoms with Gasteiger partial charge in [0.25, 0.3) is 11.8 Å². The summed E-state index contributed by atoms with van der Waals surface area (Å²) < 4.78 is 39.8. The SMILES string of the molecule is COc1cc(C(=O)N2CC[C@]3(CNCCC3(F)F)C2)cc2nc(-c3cc4cccnc4n3CC3CC3)n(C)c12. The standard InChI is InChI=1S/C29H32F2N6O2/c1-35-24-21(34-26(35)22-13-19-4-3-9-33-25(19)37(22)15-18-5-6-18)12-20(14-23(24)39-2)27(38)36-11-8-28(17-36)16-32-10-7-29(28,30)31/h3-4,9,12-14,18,32H,5-8,10-11,15-17H2,1-2H3/t28-/m0/s1. The molecule has 1 saturated carbocycles. The smallest absolute Gasteiger partial charge is 0.257 e. The molecule has 4 aromatic rings. The number of benzene rings is 1. The highest BCUT2D eigenvalue weighted by Gasteiger charge is 2.58. The Morgan fingerprint density at radius 2 is 2.08 bits per heavy atom. The lowest BCUT2D eigenvalue weighted by Crippen LogP contribution is -2.55. The van der Waals surface area contributed by atoms with Gasteiger partial charge in [0.05, 0.1) is 23.7 Å². The molecule has 0 radical (unpaired) electrons. The predicted molar refractivity (Wildman–Crippen MR) is 144 cm³/mol. The van der Waals surface area contributed by atoms with Crippen molar-refractivity contribution in [1.82, 2.24) is 29.3 Å². The van der Waals surface area contributed by atoms with Crippen LogP contribution < -0.4 is 10.1 Å². The van der Waals surface area contributed by atoms with Gasteiger partial charge in [0.1, 0.15) is 16.9 Å². The maximum atomic E-state index is 14.9. The second-order valence-corrected chi connectivity index (χ2v) is 11.4. The summed E-state index contributed by atoms with van der Waals surface area (Å²) in [6.07, 6.45) is 4.33. The Balaban J connectivity index is 1.28. The van der Waals surface area contributed by atoms with Crippen LogP contribution in [0.5, 0.6) is 5.75 Å². The fraction of sp³-hybridized carbons (Fsp3) is 0.483. The van der Waals surface area contributed by atoms with Crippen molar-refractivity contribution in [3.05, 3.63) is 42.1 Å². The van der Waals surface area contributed by atoms with Gasteiger partial charge in [-0.05, 0) is 55.5 Å². The minimum absolute atomic E-state index is 0.0356. The van der Waals surface area contributed by atoms with Crippen LogP contribution in [0.15, 0.2) is 36.5 Å². The van der Waals surface area contributed by atoms with Crippen LogP contribution in [0.2, 0.25) is 0 Å². The Bertz CT molecular complexity index is 1610. The maximum Gasteiger partial charge on any atom is 0.257 e. The molecule has 10 heteroatoms. The normalized spacial score (nSPS) is 22.8. The number of hydrogen-bond donors (Lipinski definition) is 1. The number of carbonyl (C=O) groups excluding carboxylic acids is 1. The molecule has 1 aromatic carbocycles. The number of amides is 1. The van der Waals surface area contributed by atoms with Crippen molar-refractivity contribution in [1.29, 1.82) is 0 Å². The first-order chi connectivity index (χ1) is 18.8. The van der Waals surface area contributed by atoms with Crippen molar-refractivity contribution in [3.63, 3.8) is 0 Å². The number of rotatable bonds is 5. The summed E-state index contributed by atoms with van der Waals surface area (Å²) in [5.41, 5.74) is 2.50. The number of carbonyl (C=O) groups is 1. The molecule has 0 unspecified atom stereocenters. The summed E-state index contributed by atoms with van der Waals surface area (Å²) in [6, 6.07) is 9.58. The number of halogens is 2. The van der Waals surface area contributed by atoms with Crippen LogP contribution in [0, 0.1) is 11.3 Å². The predicted octanol–water partition coefficient (Wildman–Crippen LogP) is 4.47. The van der Waals surface area contributed by atoms with Gasteiger partial charge in [0, 0.05) is 63.3 Å². The number of hydrogen-bond acceptors (Lipinski definition) is 5. The van der Waals surface area contributed by atoms with E-state index in [1.807, 2.05) is 23.9 Å². The van der Waals surface area contributed by atoms with Crippen molar-refractivity contribution < 1.29 is 18.3 Å². The number of aryl methyl sites for hydroxylation is 1. The molecule has 5 heterocycles. The third-order valence-corrected chi connectivity index (χ3v) is 8.92. The van der Waals surface area contributed by atoms with Crippen molar-refractivity contribution in [2.24, 2.45) is 18.4 Å². The summed E-state index contributed by atoms with van der Waals surface area (Å²) in [7, 11) is 3.52. The van der Waals surface area contributed by atoms with Gasteiger partial charge in [0.2, 0.25) is 0 Å². The van der Waals surface area contributed by atoms with E-state index in [1.165, 1.54) is 12.8 Å². The Morgan fingerprint density at radius 3 is 2.85 bits per heavy atom. The van der Waals surface area contributed by atoms with Gasteiger partial charge in [-0.25, -0.2) is 18.7 Å². The van der Waals surface area contributed by atoms with E-state index >= 15 is 0 Å². The first kappa shape index (κ1) is 24.5. The molecule has 39 heavy (non-hydrogen) atoms. The zero-order valence-electron chi connectivity index (χ0n) is 22.2. The molecule has 0 bridgehead atoms. The van der Waals surface area contributed by atoms with Crippen LogP contribution in [0.3, 0.4) is 0 Å². The third kappa shape index (κ3) is 3.83. The highest BCUT2D eigenvalue weighted by molar-refractivity contribution is 6.00. The largest absolute Gasteiger partial charge is 0.494 e. The van der Waals surface area contributed by atoms with Gasteiger partial charge in [-0.1, -0.05) is 0 Å². The third-order valence-electron chi connectivity index (χ3n) is 8.92. The lowest BCUT2D eigenvalue weighted by molar-refractivity contribution is -0.134. The monoisotopic (exact) mass is 534 g/mol. The number of nitrogens with zero attached hydrogens (tertiary/aromatic N) is 5. The molecule has 1 amide bonds. The maximum absolute atomic E-state index is 14.9. The highest BCUT2D eigenvalue weighted by atomic mass is 19.3. The second-order valence-electron chi connectivity index (χ2n) is 11.4. The van der Waals surface area contributed by atoms with Crippen molar-refractivity contribution in [3.8, 4) is 17.3 Å². The first-order valence-electron chi connectivity index (χ1n) is 13.7. The number of pyridine rings is 1. The van der Waals surface area contributed by atoms with Crippen LogP contribution >= 0.6 is 0 Å². The van der Waals surface area contributed by atoms with Gasteiger partial charge in [0.15, 0.2) is 5.82 Å². The zero-order valence-corrected chi connectivity index (χ0v) is 22.2. The number of imidazole rings is 1. The number of aromatic nitrogens is 4. The minimum Gasteiger partial charge on any atom is -0.494 e. The summed E-state index contributed by atoms with van der Waals surface area (Å²) in [5, 5.41) is 4.17. The van der Waals surface area contributed by atoms with Crippen LogP contribution in [0.1, 0.15) is 36.0 Å². The van der Waals surface area contributed by atoms with Gasteiger partial charge in [-0.3, -0.25) is 4.79 Å². The van der Waals surface area contributed by atoms with Gasteiger partial charge in [-0.2, -0.15) is 0 Å². The molecule has 1 N–H and O–H groups in total. The highest BCUT2D eigenvalue weighted by Crippen LogP contribution is 2.48. The van der Waals surface area contributed by atoms with Gasteiger partial charge in [-0.15, -0.1) is 0 Å². The van der Waals surface area contributed by atoms with E-state index in [2.05, 4.69) is 27.0 Å². The van der Waals surface area contributed by atoms with Crippen LogP contribution in [0.4, 0.5) is 8.78 Å². The lowest BCUT2D eigenvalue weighted by atomic mass is 9.76. The van der Waals surface area contributed by atoms with Crippen LogP contribution in [-0.4, -0.2) is 69.1 Å². The molecule has 8 nitrogen and oxygen atoms in total. The average molecular weight is 535 g/mol. The molecule has 1 spiro atoms. The van der Waals surface area contributed by atoms with Crippen LogP contribution in [0.25, 0.3) is 33.6 Å². The summed E-state index contributed by atoms with van der Waals surface area (Å²) >= 11 is 0. The molecule has 204 valence electrons. The molecule has 1 aliphatic carbocycles. The average Bonchev–Trinajstić information content (AvgIpc) is 3.38. The quantitative estimate of drug-likeness (QED) is 0.409.